The lowest BCUT2D eigenvalue weighted by Crippen LogP contribution is -2.23. The zero-order valence-electron chi connectivity index (χ0n) is 12.1. The largest absolute Gasteiger partial charge is 0.489 e. The number of rotatable bonds is 5. The van der Waals surface area contributed by atoms with Gasteiger partial charge in [0.25, 0.3) is 0 Å². The first-order valence-corrected chi connectivity index (χ1v) is 7.16. The van der Waals surface area contributed by atoms with Crippen molar-refractivity contribution in [3.05, 3.63) is 58.6 Å². The van der Waals surface area contributed by atoms with Gasteiger partial charge < -0.3 is 10.1 Å². The Morgan fingerprint density at radius 3 is 2.50 bits per heavy atom. The van der Waals surface area contributed by atoms with E-state index in [1.54, 1.807) is 0 Å². The Balaban J connectivity index is 1.90. The van der Waals surface area contributed by atoms with E-state index >= 15 is 0 Å². The summed E-state index contributed by atoms with van der Waals surface area (Å²) in [6.07, 6.45) is 0.0797. The minimum absolute atomic E-state index is 0.0797. The van der Waals surface area contributed by atoms with Gasteiger partial charge in [-0.2, -0.15) is 0 Å². The standard InChI is InChI=1S/C17H20ClNO/c1-12-4-5-13(2)17(10-12)19-11-14(3)20-16-8-6-15(18)7-9-16/h4-10,14,19H,11H2,1-3H3. The Labute approximate surface area is 125 Å². The topological polar surface area (TPSA) is 21.3 Å². The van der Waals surface area contributed by atoms with Crippen molar-refractivity contribution in [2.75, 3.05) is 11.9 Å². The summed E-state index contributed by atoms with van der Waals surface area (Å²) in [4.78, 5) is 0. The fraction of sp³-hybridized carbons (Fsp3) is 0.294. The molecule has 0 saturated heterocycles. The zero-order chi connectivity index (χ0) is 14.5. The molecule has 1 unspecified atom stereocenters. The second-order valence-electron chi connectivity index (χ2n) is 5.08. The fourth-order valence-electron chi connectivity index (χ4n) is 1.97. The number of anilines is 1. The first kappa shape index (κ1) is 14.7. The van der Waals surface area contributed by atoms with Crippen molar-refractivity contribution in [2.24, 2.45) is 0 Å². The van der Waals surface area contributed by atoms with Gasteiger partial charge in [0.2, 0.25) is 0 Å². The third-order valence-electron chi connectivity index (χ3n) is 3.12. The molecule has 2 aromatic carbocycles. The van der Waals surface area contributed by atoms with E-state index in [0.29, 0.717) is 0 Å². The summed E-state index contributed by atoms with van der Waals surface area (Å²) in [7, 11) is 0. The monoisotopic (exact) mass is 289 g/mol. The smallest absolute Gasteiger partial charge is 0.119 e. The molecule has 0 saturated carbocycles. The third-order valence-corrected chi connectivity index (χ3v) is 3.38. The van der Waals surface area contributed by atoms with Crippen LogP contribution in [0.5, 0.6) is 5.75 Å². The number of benzene rings is 2. The predicted molar refractivity (Wildman–Crippen MR) is 85.9 cm³/mol. The molecule has 106 valence electrons. The van der Waals surface area contributed by atoms with E-state index in [1.807, 2.05) is 31.2 Å². The molecular weight excluding hydrogens is 270 g/mol. The van der Waals surface area contributed by atoms with Gasteiger partial charge in [0, 0.05) is 10.7 Å². The molecule has 2 rings (SSSR count). The average Bonchev–Trinajstić information content (AvgIpc) is 2.42. The molecule has 2 aromatic rings. The molecule has 0 aliphatic heterocycles. The summed E-state index contributed by atoms with van der Waals surface area (Å²) in [6, 6.07) is 13.8. The number of nitrogens with one attached hydrogen (secondary N) is 1. The van der Waals surface area contributed by atoms with E-state index in [-0.39, 0.29) is 6.10 Å². The Morgan fingerprint density at radius 1 is 1.10 bits per heavy atom. The fourth-order valence-corrected chi connectivity index (χ4v) is 2.09. The minimum atomic E-state index is 0.0797. The second kappa shape index (κ2) is 6.67. The van der Waals surface area contributed by atoms with Crippen LogP contribution in [-0.4, -0.2) is 12.6 Å². The summed E-state index contributed by atoms with van der Waals surface area (Å²) in [6.45, 7) is 7.00. The van der Waals surface area contributed by atoms with Crippen LogP contribution < -0.4 is 10.1 Å². The zero-order valence-corrected chi connectivity index (χ0v) is 12.9. The molecule has 1 N–H and O–H groups in total. The van der Waals surface area contributed by atoms with Crippen LogP contribution >= 0.6 is 11.6 Å². The van der Waals surface area contributed by atoms with Crippen molar-refractivity contribution in [1.82, 2.24) is 0 Å². The highest BCUT2D eigenvalue weighted by atomic mass is 35.5. The van der Waals surface area contributed by atoms with Crippen molar-refractivity contribution in [1.29, 1.82) is 0 Å². The van der Waals surface area contributed by atoms with Crippen molar-refractivity contribution in [3.8, 4) is 5.75 Å². The average molecular weight is 290 g/mol. The molecule has 2 nitrogen and oxygen atoms in total. The molecule has 0 heterocycles. The number of ether oxygens (including phenoxy) is 1. The van der Waals surface area contributed by atoms with E-state index in [4.69, 9.17) is 16.3 Å². The van der Waals surface area contributed by atoms with Crippen LogP contribution in [0.15, 0.2) is 42.5 Å². The Kier molecular flexibility index (Phi) is 4.91. The van der Waals surface area contributed by atoms with Gasteiger partial charge in [0.1, 0.15) is 11.9 Å². The number of hydrogen-bond donors (Lipinski definition) is 1. The van der Waals surface area contributed by atoms with Crippen LogP contribution in [-0.2, 0) is 0 Å². The van der Waals surface area contributed by atoms with Gasteiger partial charge in [0.15, 0.2) is 0 Å². The molecule has 0 amide bonds. The van der Waals surface area contributed by atoms with Crippen molar-refractivity contribution in [2.45, 2.75) is 26.9 Å². The first-order valence-electron chi connectivity index (χ1n) is 6.78. The van der Waals surface area contributed by atoms with E-state index in [0.717, 1.165) is 23.0 Å². The van der Waals surface area contributed by atoms with Gasteiger partial charge in [-0.05, 0) is 62.2 Å². The maximum absolute atomic E-state index is 5.85. The quantitative estimate of drug-likeness (QED) is 0.851. The van der Waals surface area contributed by atoms with E-state index in [1.165, 1.54) is 11.1 Å². The van der Waals surface area contributed by atoms with Gasteiger partial charge in [-0.15, -0.1) is 0 Å². The lowest BCUT2D eigenvalue weighted by Gasteiger charge is -2.17. The highest BCUT2D eigenvalue weighted by Gasteiger charge is 2.05. The molecule has 0 radical (unpaired) electrons. The maximum atomic E-state index is 5.85. The van der Waals surface area contributed by atoms with Crippen LogP contribution in [0.4, 0.5) is 5.69 Å². The first-order chi connectivity index (χ1) is 9.54. The van der Waals surface area contributed by atoms with Gasteiger partial charge in [-0.1, -0.05) is 23.7 Å². The number of halogens is 1. The number of aryl methyl sites for hydroxylation is 2. The van der Waals surface area contributed by atoms with Crippen LogP contribution in [0, 0.1) is 13.8 Å². The molecule has 3 heteroatoms. The van der Waals surface area contributed by atoms with E-state index in [2.05, 4.69) is 37.4 Å². The Hall–Kier alpha value is -1.67. The van der Waals surface area contributed by atoms with Crippen LogP contribution in [0.1, 0.15) is 18.1 Å². The highest BCUT2D eigenvalue weighted by Crippen LogP contribution is 2.18. The van der Waals surface area contributed by atoms with E-state index in [9.17, 15) is 0 Å². The summed E-state index contributed by atoms with van der Waals surface area (Å²) in [5, 5.41) is 4.15. The molecule has 1 atom stereocenters. The molecular formula is C17H20ClNO. The molecule has 0 fully saturated rings. The molecule has 20 heavy (non-hydrogen) atoms. The Bertz CT molecular complexity index is 566. The maximum Gasteiger partial charge on any atom is 0.119 e. The van der Waals surface area contributed by atoms with Gasteiger partial charge in [-0.25, -0.2) is 0 Å². The minimum Gasteiger partial charge on any atom is -0.489 e. The Morgan fingerprint density at radius 2 is 1.80 bits per heavy atom. The third kappa shape index (κ3) is 4.17. The summed E-state index contributed by atoms with van der Waals surface area (Å²) in [5.74, 6) is 0.838. The van der Waals surface area contributed by atoms with Crippen molar-refractivity contribution >= 4 is 17.3 Å². The molecule has 0 spiro atoms. The van der Waals surface area contributed by atoms with Crippen molar-refractivity contribution in [3.63, 3.8) is 0 Å². The number of hydrogen-bond acceptors (Lipinski definition) is 2. The SMILES string of the molecule is Cc1ccc(C)c(NCC(C)Oc2ccc(Cl)cc2)c1. The summed E-state index contributed by atoms with van der Waals surface area (Å²) < 4.78 is 5.84. The van der Waals surface area contributed by atoms with Gasteiger partial charge in [0.05, 0.1) is 6.54 Å². The van der Waals surface area contributed by atoms with E-state index < -0.39 is 0 Å². The highest BCUT2D eigenvalue weighted by molar-refractivity contribution is 6.30. The van der Waals surface area contributed by atoms with Gasteiger partial charge in [-0.3, -0.25) is 0 Å². The molecule has 0 bridgehead atoms. The lowest BCUT2D eigenvalue weighted by atomic mass is 10.1. The second-order valence-corrected chi connectivity index (χ2v) is 5.52. The lowest BCUT2D eigenvalue weighted by molar-refractivity contribution is 0.235. The predicted octanol–water partition coefficient (Wildman–Crippen LogP) is 4.84. The molecule has 0 aromatic heterocycles. The molecule has 0 aliphatic rings. The summed E-state index contributed by atoms with van der Waals surface area (Å²) in [5.41, 5.74) is 3.66. The van der Waals surface area contributed by atoms with Crippen molar-refractivity contribution < 1.29 is 4.74 Å². The van der Waals surface area contributed by atoms with Gasteiger partial charge >= 0.3 is 0 Å². The molecule has 0 aliphatic carbocycles. The van der Waals surface area contributed by atoms with Crippen LogP contribution in [0.25, 0.3) is 0 Å². The van der Waals surface area contributed by atoms with Crippen LogP contribution in [0.2, 0.25) is 5.02 Å². The summed E-state index contributed by atoms with van der Waals surface area (Å²) >= 11 is 5.85. The normalized spacial score (nSPS) is 12.0. The van der Waals surface area contributed by atoms with Crippen LogP contribution in [0.3, 0.4) is 0 Å².